The molecule has 0 fully saturated rings. The molecule has 0 saturated heterocycles. The van der Waals surface area contributed by atoms with Crippen LogP contribution in [0.3, 0.4) is 0 Å². The van der Waals surface area contributed by atoms with E-state index in [-0.39, 0.29) is 5.69 Å². The third kappa shape index (κ3) is 3.57. The largest absolute Gasteiger partial charge is 0.435 e. The third-order valence-corrected chi connectivity index (χ3v) is 3.11. The Morgan fingerprint density at radius 3 is 2.86 bits per heavy atom. The van der Waals surface area contributed by atoms with Crippen LogP contribution in [0.2, 0.25) is 0 Å². The van der Waals surface area contributed by atoms with Gasteiger partial charge in [-0.25, -0.2) is 9.67 Å². The summed E-state index contributed by atoms with van der Waals surface area (Å²) in [5.41, 5.74) is 0.354. The average molecular weight is 308 g/mol. The van der Waals surface area contributed by atoms with Gasteiger partial charge in [0.25, 0.3) is 5.69 Å². The zero-order chi connectivity index (χ0) is 15.4. The van der Waals surface area contributed by atoms with Gasteiger partial charge in [0.15, 0.2) is 0 Å². The standard InChI is InChI=1S/C12H12N4O4S/c1-8(17)20-11(15-7-13-12(14-15)21-2)9-4-3-5-10(6-9)16(18)19/h3-7,11H,1-2H3. The summed E-state index contributed by atoms with van der Waals surface area (Å²) in [6.07, 6.45) is 2.34. The van der Waals surface area contributed by atoms with Crippen molar-refractivity contribution < 1.29 is 14.5 Å². The molecule has 0 bridgehead atoms. The summed E-state index contributed by atoms with van der Waals surface area (Å²) < 4.78 is 6.56. The van der Waals surface area contributed by atoms with Crippen molar-refractivity contribution in [1.29, 1.82) is 0 Å². The molecule has 8 nitrogen and oxygen atoms in total. The number of carbonyl (C=O) groups is 1. The van der Waals surface area contributed by atoms with Crippen molar-refractivity contribution in [3.05, 3.63) is 46.3 Å². The van der Waals surface area contributed by atoms with E-state index in [0.717, 1.165) is 0 Å². The third-order valence-electron chi connectivity index (χ3n) is 2.55. The van der Waals surface area contributed by atoms with Gasteiger partial charge in [0.1, 0.15) is 6.33 Å². The topological polar surface area (TPSA) is 100 Å². The van der Waals surface area contributed by atoms with Crippen LogP contribution in [0.5, 0.6) is 0 Å². The van der Waals surface area contributed by atoms with Gasteiger partial charge in [-0.3, -0.25) is 14.9 Å². The monoisotopic (exact) mass is 308 g/mol. The number of nitrogens with zero attached hydrogens (tertiary/aromatic N) is 4. The van der Waals surface area contributed by atoms with Crippen molar-refractivity contribution in [3.8, 4) is 0 Å². The Kier molecular flexibility index (Phi) is 4.53. The highest BCUT2D eigenvalue weighted by Gasteiger charge is 2.21. The summed E-state index contributed by atoms with van der Waals surface area (Å²) in [6, 6.07) is 5.86. The molecule has 21 heavy (non-hydrogen) atoms. The summed E-state index contributed by atoms with van der Waals surface area (Å²) in [5.74, 6) is -0.521. The lowest BCUT2D eigenvalue weighted by Crippen LogP contribution is -2.18. The van der Waals surface area contributed by atoms with E-state index >= 15 is 0 Å². The molecular formula is C12H12N4O4S. The Morgan fingerprint density at radius 1 is 1.52 bits per heavy atom. The zero-order valence-electron chi connectivity index (χ0n) is 11.3. The molecule has 0 saturated carbocycles. The van der Waals surface area contributed by atoms with Gasteiger partial charge in [-0.2, -0.15) is 0 Å². The van der Waals surface area contributed by atoms with Gasteiger partial charge in [0.2, 0.25) is 11.4 Å². The summed E-state index contributed by atoms with van der Waals surface area (Å²) in [7, 11) is 0. The number of aromatic nitrogens is 3. The first-order chi connectivity index (χ1) is 10.0. The van der Waals surface area contributed by atoms with Crippen LogP contribution in [-0.2, 0) is 9.53 Å². The minimum Gasteiger partial charge on any atom is -0.435 e. The van der Waals surface area contributed by atoms with Crippen molar-refractivity contribution in [1.82, 2.24) is 14.8 Å². The van der Waals surface area contributed by atoms with Gasteiger partial charge in [-0.1, -0.05) is 23.9 Å². The maximum Gasteiger partial charge on any atom is 0.304 e. The maximum atomic E-state index is 11.3. The minimum atomic E-state index is -0.893. The predicted octanol–water partition coefficient (Wildman–Crippen LogP) is 2.02. The molecule has 0 aliphatic carbocycles. The molecule has 9 heteroatoms. The Balaban J connectivity index is 2.42. The van der Waals surface area contributed by atoms with Gasteiger partial charge >= 0.3 is 5.97 Å². The number of non-ortho nitro benzene ring substituents is 1. The highest BCUT2D eigenvalue weighted by Crippen LogP contribution is 2.24. The number of nitro groups is 1. The minimum absolute atomic E-state index is 0.0881. The molecular weight excluding hydrogens is 296 g/mol. The highest BCUT2D eigenvalue weighted by molar-refractivity contribution is 7.98. The van der Waals surface area contributed by atoms with E-state index in [4.69, 9.17) is 4.74 Å². The van der Waals surface area contributed by atoms with Crippen LogP contribution < -0.4 is 0 Å². The van der Waals surface area contributed by atoms with E-state index < -0.39 is 17.1 Å². The summed E-state index contributed by atoms with van der Waals surface area (Å²) in [6.45, 7) is 1.26. The van der Waals surface area contributed by atoms with Crippen LogP contribution in [-0.4, -0.2) is 31.9 Å². The number of ether oxygens (including phenoxy) is 1. The molecule has 110 valence electrons. The van der Waals surface area contributed by atoms with Gasteiger partial charge < -0.3 is 4.74 Å². The maximum absolute atomic E-state index is 11.3. The number of carbonyl (C=O) groups excluding carboxylic acids is 1. The van der Waals surface area contributed by atoms with Crippen LogP contribution in [0.25, 0.3) is 0 Å². The van der Waals surface area contributed by atoms with Crippen molar-refractivity contribution in [2.24, 2.45) is 0 Å². The van der Waals surface area contributed by atoms with Crippen molar-refractivity contribution in [2.45, 2.75) is 18.3 Å². The van der Waals surface area contributed by atoms with Crippen molar-refractivity contribution in [2.75, 3.05) is 6.26 Å². The van der Waals surface area contributed by atoms with Crippen LogP contribution in [0.15, 0.2) is 35.7 Å². The second-order valence-electron chi connectivity index (χ2n) is 4.03. The normalized spacial score (nSPS) is 11.9. The van der Waals surface area contributed by atoms with Gasteiger partial charge in [-0.15, -0.1) is 5.10 Å². The Bertz CT molecular complexity index is 673. The van der Waals surface area contributed by atoms with Crippen molar-refractivity contribution >= 4 is 23.4 Å². The quantitative estimate of drug-likeness (QED) is 0.360. The number of benzene rings is 1. The van der Waals surface area contributed by atoms with E-state index in [9.17, 15) is 14.9 Å². The first-order valence-corrected chi connectivity index (χ1v) is 7.10. The summed E-state index contributed by atoms with van der Waals surface area (Å²) in [5, 5.41) is 15.5. The van der Waals surface area contributed by atoms with E-state index in [1.54, 1.807) is 6.07 Å². The molecule has 2 rings (SSSR count). The number of thioether (sulfide) groups is 1. The molecule has 0 N–H and O–H groups in total. The first kappa shape index (κ1) is 15.0. The zero-order valence-corrected chi connectivity index (χ0v) is 12.1. The lowest BCUT2D eigenvalue weighted by atomic mass is 10.2. The number of esters is 1. The van der Waals surface area contributed by atoms with Crippen LogP contribution in [0, 0.1) is 10.1 Å². The van der Waals surface area contributed by atoms with Crippen LogP contribution in [0.1, 0.15) is 18.7 Å². The number of hydrogen-bond donors (Lipinski definition) is 0. The lowest BCUT2D eigenvalue weighted by Gasteiger charge is -2.16. The Hall–Kier alpha value is -2.42. The first-order valence-electron chi connectivity index (χ1n) is 5.88. The molecule has 0 amide bonds. The Morgan fingerprint density at radius 2 is 2.29 bits per heavy atom. The Labute approximate surface area is 124 Å². The fraction of sp³-hybridized carbons (Fsp3) is 0.250. The van der Waals surface area contributed by atoms with Crippen LogP contribution >= 0.6 is 11.8 Å². The number of rotatable bonds is 5. The molecule has 0 aliphatic heterocycles. The second kappa shape index (κ2) is 6.35. The molecule has 1 aromatic carbocycles. The number of nitro benzene ring substituents is 1. The smallest absolute Gasteiger partial charge is 0.304 e. The van der Waals surface area contributed by atoms with Crippen LogP contribution in [0.4, 0.5) is 5.69 Å². The molecule has 1 heterocycles. The van der Waals surface area contributed by atoms with Crippen molar-refractivity contribution in [3.63, 3.8) is 0 Å². The van der Waals surface area contributed by atoms with Gasteiger partial charge in [0.05, 0.1) is 4.92 Å². The SMILES string of the molecule is CSc1ncn(C(OC(C)=O)c2cccc([N+](=O)[O-])c2)n1. The summed E-state index contributed by atoms with van der Waals surface area (Å²) in [4.78, 5) is 25.6. The fourth-order valence-corrected chi connectivity index (χ4v) is 2.02. The highest BCUT2D eigenvalue weighted by atomic mass is 32.2. The average Bonchev–Trinajstić information content (AvgIpc) is 2.93. The summed E-state index contributed by atoms with van der Waals surface area (Å²) >= 11 is 1.34. The van der Waals surface area contributed by atoms with Gasteiger partial charge in [-0.05, 0) is 6.26 Å². The second-order valence-corrected chi connectivity index (χ2v) is 4.80. The van der Waals surface area contributed by atoms with E-state index in [1.807, 2.05) is 6.26 Å². The van der Waals surface area contributed by atoms with E-state index in [1.165, 1.54) is 47.9 Å². The molecule has 1 aromatic heterocycles. The molecule has 0 spiro atoms. The van der Waals surface area contributed by atoms with E-state index in [0.29, 0.717) is 10.7 Å². The lowest BCUT2D eigenvalue weighted by molar-refractivity contribution is -0.385. The van der Waals surface area contributed by atoms with E-state index in [2.05, 4.69) is 10.1 Å². The predicted molar refractivity (Wildman–Crippen MR) is 74.8 cm³/mol. The number of hydrogen-bond acceptors (Lipinski definition) is 7. The fourth-order valence-electron chi connectivity index (χ4n) is 1.69. The molecule has 1 unspecified atom stereocenters. The molecule has 1 atom stereocenters. The molecule has 2 aromatic rings. The molecule has 0 aliphatic rings. The van der Waals surface area contributed by atoms with Gasteiger partial charge in [0, 0.05) is 24.6 Å². The molecule has 0 radical (unpaired) electrons.